The van der Waals surface area contributed by atoms with Gasteiger partial charge in [-0.05, 0) is 32.9 Å². The first-order valence-electron chi connectivity index (χ1n) is 7.06. The number of hydrogen-bond acceptors (Lipinski definition) is 3. The Kier molecular flexibility index (Phi) is 4.63. The number of halogens is 1. The molecule has 1 aliphatic rings. The van der Waals surface area contributed by atoms with Crippen LogP contribution in [0.15, 0.2) is 22.7 Å². The molecule has 1 saturated heterocycles. The van der Waals surface area contributed by atoms with Gasteiger partial charge >= 0.3 is 5.97 Å². The first-order chi connectivity index (χ1) is 9.75. The monoisotopic (exact) mass is 355 g/mol. The number of likely N-dealkylation sites (tertiary alicyclic amines) is 1. The van der Waals surface area contributed by atoms with Crippen LogP contribution < -0.4 is 4.74 Å². The first kappa shape index (κ1) is 16.3. The number of benzene rings is 1. The molecule has 0 aliphatic carbocycles. The normalized spacial score (nSPS) is 23.3. The van der Waals surface area contributed by atoms with Crippen molar-refractivity contribution < 1.29 is 14.6 Å². The third-order valence-electron chi connectivity index (χ3n) is 4.19. The van der Waals surface area contributed by atoms with Gasteiger partial charge in [-0.15, -0.1) is 0 Å². The summed E-state index contributed by atoms with van der Waals surface area (Å²) in [6, 6.07) is 5.73. The van der Waals surface area contributed by atoms with E-state index in [1.165, 1.54) is 0 Å². The lowest BCUT2D eigenvalue weighted by Crippen LogP contribution is -2.40. The number of carbonyl (C=O) groups is 1. The third kappa shape index (κ3) is 3.24. The number of ether oxygens (including phenoxy) is 1. The maximum Gasteiger partial charge on any atom is 0.308 e. The topological polar surface area (TPSA) is 49.8 Å². The number of methoxy groups -OCH3 is 1. The molecule has 21 heavy (non-hydrogen) atoms. The van der Waals surface area contributed by atoms with Crippen molar-refractivity contribution in [3.05, 3.63) is 28.2 Å². The number of nitrogens with zero attached hydrogens (tertiary/aromatic N) is 1. The van der Waals surface area contributed by atoms with Gasteiger partial charge in [0.1, 0.15) is 5.75 Å². The molecule has 0 bridgehead atoms. The molecule has 116 valence electrons. The van der Waals surface area contributed by atoms with Gasteiger partial charge in [0.05, 0.1) is 13.0 Å². The van der Waals surface area contributed by atoms with Gasteiger partial charge in [0.25, 0.3) is 0 Å². The predicted molar refractivity (Wildman–Crippen MR) is 85.9 cm³/mol. The molecule has 0 aromatic heterocycles. The van der Waals surface area contributed by atoms with Gasteiger partial charge in [-0.2, -0.15) is 0 Å². The molecule has 0 spiro atoms. The fraction of sp³-hybridized carbons (Fsp3) is 0.562. The highest BCUT2D eigenvalue weighted by molar-refractivity contribution is 9.10. The average Bonchev–Trinajstić information content (AvgIpc) is 2.83. The van der Waals surface area contributed by atoms with Crippen LogP contribution in [0, 0.1) is 5.92 Å². The minimum atomic E-state index is -0.746. The Morgan fingerprint density at radius 3 is 2.57 bits per heavy atom. The molecule has 2 rings (SSSR count). The van der Waals surface area contributed by atoms with Crippen molar-refractivity contribution in [1.82, 2.24) is 4.90 Å². The van der Waals surface area contributed by atoms with Crippen LogP contribution in [0.1, 0.15) is 32.3 Å². The standard InChI is InChI=1S/C16H22BrNO3/c1-16(2,3)18-8-10(11(9-18)15(19)20)14-12(17)6-5-7-13(14)21-4/h5-7,10-11H,8-9H2,1-4H3,(H,19,20)/t10-,11-/m1/s1. The summed E-state index contributed by atoms with van der Waals surface area (Å²) in [5.41, 5.74) is 0.913. The van der Waals surface area contributed by atoms with E-state index in [0.29, 0.717) is 6.54 Å². The Hall–Kier alpha value is -1.07. The van der Waals surface area contributed by atoms with Crippen LogP contribution in [0.25, 0.3) is 0 Å². The van der Waals surface area contributed by atoms with Crippen molar-refractivity contribution in [2.45, 2.75) is 32.2 Å². The van der Waals surface area contributed by atoms with Gasteiger partial charge in [0.15, 0.2) is 0 Å². The Morgan fingerprint density at radius 1 is 1.38 bits per heavy atom. The highest BCUT2D eigenvalue weighted by atomic mass is 79.9. The largest absolute Gasteiger partial charge is 0.496 e. The molecule has 0 amide bonds. The fourth-order valence-corrected chi connectivity index (χ4v) is 3.59. The van der Waals surface area contributed by atoms with E-state index in [2.05, 4.69) is 41.6 Å². The lowest BCUT2D eigenvalue weighted by Gasteiger charge is -2.31. The van der Waals surface area contributed by atoms with Crippen molar-refractivity contribution in [3.63, 3.8) is 0 Å². The van der Waals surface area contributed by atoms with Crippen molar-refractivity contribution in [3.8, 4) is 5.75 Å². The Balaban J connectivity index is 2.44. The van der Waals surface area contributed by atoms with Crippen LogP contribution in [-0.4, -0.2) is 41.7 Å². The van der Waals surface area contributed by atoms with E-state index < -0.39 is 11.9 Å². The van der Waals surface area contributed by atoms with Crippen LogP contribution in [-0.2, 0) is 4.79 Å². The number of carboxylic acids is 1. The summed E-state index contributed by atoms with van der Waals surface area (Å²) in [6.45, 7) is 7.64. The summed E-state index contributed by atoms with van der Waals surface area (Å²) in [7, 11) is 1.62. The minimum absolute atomic E-state index is 0.0447. The maximum atomic E-state index is 11.7. The molecule has 1 fully saturated rings. The van der Waals surface area contributed by atoms with Crippen LogP contribution in [0.5, 0.6) is 5.75 Å². The molecule has 1 aromatic rings. The van der Waals surface area contributed by atoms with E-state index in [9.17, 15) is 9.90 Å². The zero-order chi connectivity index (χ0) is 15.8. The SMILES string of the molecule is COc1cccc(Br)c1[C@@H]1CN(C(C)(C)C)C[C@H]1C(=O)O. The molecule has 5 heteroatoms. The molecular weight excluding hydrogens is 334 g/mol. The summed E-state index contributed by atoms with van der Waals surface area (Å²) in [5, 5.41) is 9.60. The second-order valence-electron chi connectivity index (χ2n) is 6.48. The molecule has 1 N–H and O–H groups in total. The number of aliphatic carboxylic acids is 1. The highest BCUT2D eigenvalue weighted by Gasteiger charge is 2.43. The molecular formula is C16H22BrNO3. The lowest BCUT2D eigenvalue weighted by molar-refractivity contribution is -0.141. The quantitative estimate of drug-likeness (QED) is 0.902. The molecule has 1 aromatic carbocycles. The Morgan fingerprint density at radius 2 is 2.05 bits per heavy atom. The molecule has 4 nitrogen and oxygen atoms in total. The van der Waals surface area contributed by atoms with E-state index >= 15 is 0 Å². The van der Waals surface area contributed by atoms with Gasteiger partial charge in [-0.1, -0.05) is 22.0 Å². The molecule has 1 aliphatic heterocycles. The number of carboxylic acid groups (broad SMARTS) is 1. The average molecular weight is 356 g/mol. The zero-order valence-corrected chi connectivity index (χ0v) is 14.5. The van der Waals surface area contributed by atoms with E-state index in [1.807, 2.05) is 18.2 Å². The molecule has 0 unspecified atom stereocenters. The molecule has 1 heterocycles. The summed E-state index contributed by atoms with van der Waals surface area (Å²) in [4.78, 5) is 13.9. The number of hydrogen-bond donors (Lipinski definition) is 1. The summed E-state index contributed by atoms with van der Waals surface area (Å²) >= 11 is 3.55. The van der Waals surface area contributed by atoms with Crippen molar-refractivity contribution >= 4 is 21.9 Å². The van der Waals surface area contributed by atoms with Gasteiger partial charge in [0.2, 0.25) is 0 Å². The number of rotatable bonds is 3. The second kappa shape index (κ2) is 5.97. The predicted octanol–water partition coefficient (Wildman–Crippen LogP) is 3.36. The fourth-order valence-electron chi connectivity index (χ4n) is 2.95. The van der Waals surface area contributed by atoms with E-state index in [-0.39, 0.29) is 11.5 Å². The smallest absolute Gasteiger partial charge is 0.308 e. The van der Waals surface area contributed by atoms with Crippen molar-refractivity contribution in [1.29, 1.82) is 0 Å². The van der Waals surface area contributed by atoms with Crippen LogP contribution in [0.3, 0.4) is 0 Å². The molecule has 0 saturated carbocycles. The Bertz CT molecular complexity index is 539. The van der Waals surface area contributed by atoms with Gasteiger partial charge < -0.3 is 9.84 Å². The van der Waals surface area contributed by atoms with Crippen molar-refractivity contribution in [2.75, 3.05) is 20.2 Å². The van der Waals surface area contributed by atoms with Gasteiger partial charge in [0, 0.05) is 34.6 Å². The van der Waals surface area contributed by atoms with Gasteiger partial charge in [-0.3, -0.25) is 9.69 Å². The van der Waals surface area contributed by atoms with E-state index in [1.54, 1.807) is 7.11 Å². The maximum absolute atomic E-state index is 11.7. The molecule has 2 atom stereocenters. The lowest BCUT2D eigenvalue weighted by atomic mass is 9.88. The van der Waals surface area contributed by atoms with Crippen LogP contribution in [0.2, 0.25) is 0 Å². The van der Waals surface area contributed by atoms with Crippen LogP contribution in [0.4, 0.5) is 0 Å². The minimum Gasteiger partial charge on any atom is -0.496 e. The highest BCUT2D eigenvalue weighted by Crippen LogP contribution is 2.43. The van der Waals surface area contributed by atoms with Gasteiger partial charge in [-0.25, -0.2) is 0 Å². The van der Waals surface area contributed by atoms with Crippen LogP contribution >= 0.6 is 15.9 Å². The van der Waals surface area contributed by atoms with E-state index in [0.717, 1.165) is 22.3 Å². The zero-order valence-electron chi connectivity index (χ0n) is 12.9. The Labute approximate surface area is 134 Å². The third-order valence-corrected chi connectivity index (χ3v) is 4.88. The summed E-state index contributed by atoms with van der Waals surface area (Å²) < 4.78 is 6.36. The van der Waals surface area contributed by atoms with Crippen molar-refractivity contribution in [2.24, 2.45) is 5.92 Å². The van der Waals surface area contributed by atoms with E-state index in [4.69, 9.17) is 4.74 Å². The molecule has 0 radical (unpaired) electrons. The second-order valence-corrected chi connectivity index (χ2v) is 7.34. The summed E-state index contributed by atoms with van der Waals surface area (Å²) in [6.07, 6.45) is 0. The summed E-state index contributed by atoms with van der Waals surface area (Å²) in [5.74, 6) is -0.495. The first-order valence-corrected chi connectivity index (χ1v) is 7.85.